The zero-order valence-electron chi connectivity index (χ0n) is 11.8. The van der Waals surface area contributed by atoms with Gasteiger partial charge in [-0.3, -0.25) is 4.40 Å². The lowest BCUT2D eigenvalue weighted by Crippen LogP contribution is -2.38. The summed E-state index contributed by atoms with van der Waals surface area (Å²) in [6.07, 6.45) is 6.94. The Morgan fingerprint density at radius 2 is 2.26 bits per heavy atom. The van der Waals surface area contributed by atoms with Gasteiger partial charge in [-0.1, -0.05) is 26.3 Å². The van der Waals surface area contributed by atoms with Gasteiger partial charge >= 0.3 is 0 Å². The number of aromatic nitrogens is 3. The molecule has 2 heterocycles. The summed E-state index contributed by atoms with van der Waals surface area (Å²) in [4.78, 5) is 0. The zero-order chi connectivity index (χ0) is 13.3. The van der Waals surface area contributed by atoms with Gasteiger partial charge in [-0.15, -0.1) is 10.2 Å². The number of hydrogen-bond acceptors (Lipinski definition) is 3. The molecule has 0 spiro atoms. The molecular weight excluding hydrogens is 236 g/mol. The van der Waals surface area contributed by atoms with Crippen LogP contribution >= 0.6 is 0 Å². The summed E-state index contributed by atoms with van der Waals surface area (Å²) in [6.45, 7) is 5.71. The van der Waals surface area contributed by atoms with E-state index in [1.807, 2.05) is 24.4 Å². The van der Waals surface area contributed by atoms with Crippen LogP contribution in [0, 0.1) is 5.41 Å². The number of fused-ring (bicyclic) bond motifs is 1. The molecule has 1 aliphatic rings. The number of nitrogens with one attached hydrogen (secondary N) is 1. The highest BCUT2D eigenvalue weighted by Gasteiger charge is 2.33. The Balaban J connectivity index is 1.61. The van der Waals surface area contributed by atoms with Crippen molar-refractivity contribution in [2.24, 2.45) is 5.41 Å². The van der Waals surface area contributed by atoms with Crippen LogP contribution in [0.5, 0.6) is 0 Å². The van der Waals surface area contributed by atoms with Crippen LogP contribution in [0.4, 0.5) is 0 Å². The van der Waals surface area contributed by atoms with E-state index >= 15 is 0 Å². The standard InChI is InChI=1S/C15H22N4/c1-15(2)9-5-6-12(15)16-10-8-14-18-17-13-7-3-4-11-19(13)14/h3-4,7,11-12,16H,5-6,8-10H2,1-2H3. The first-order chi connectivity index (χ1) is 9.17. The van der Waals surface area contributed by atoms with E-state index in [4.69, 9.17) is 0 Å². The average Bonchev–Trinajstić information content (AvgIpc) is 2.94. The molecule has 0 radical (unpaired) electrons. The van der Waals surface area contributed by atoms with Crippen molar-refractivity contribution in [1.29, 1.82) is 0 Å². The summed E-state index contributed by atoms with van der Waals surface area (Å²) >= 11 is 0. The number of rotatable bonds is 4. The third-order valence-corrected chi connectivity index (χ3v) is 4.38. The lowest BCUT2D eigenvalue weighted by Gasteiger charge is -2.27. The first kappa shape index (κ1) is 12.6. The molecule has 0 amide bonds. The summed E-state index contributed by atoms with van der Waals surface area (Å²) in [7, 11) is 0. The Morgan fingerprint density at radius 1 is 1.37 bits per heavy atom. The van der Waals surface area contributed by atoms with Gasteiger partial charge in [0, 0.05) is 25.2 Å². The highest BCUT2D eigenvalue weighted by molar-refractivity contribution is 5.36. The molecule has 1 atom stereocenters. The molecule has 102 valence electrons. The molecule has 0 aliphatic heterocycles. The molecule has 2 aromatic heterocycles. The second kappa shape index (κ2) is 4.93. The molecule has 19 heavy (non-hydrogen) atoms. The molecular formula is C15H22N4. The molecule has 0 aromatic carbocycles. The quantitative estimate of drug-likeness (QED) is 0.916. The fourth-order valence-corrected chi connectivity index (χ4v) is 3.12. The molecule has 1 aliphatic carbocycles. The Bertz CT molecular complexity index is 558. The van der Waals surface area contributed by atoms with E-state index in [0.717, 1.165) is 24.4 Å². The summed E-state index contributed by atoms with van der Waals surface area (Å²) in [5.74, 6) is 1.04. The summed E-state index contributed by atoms with van der Waals surface area (Å²) in [5, 5.41) is 12.1. The maximum Gasteiger partial charge on any atom is 0.160 e. The average molecular weight is 258 g/mol. The van der Waals surface area contributed by atoms with Gasteiger partial charge in [0.05, 0.1) is 0 Å². The summed E-state index contributed by atoms with van der Waals surface area (Å²) in [5.41, 5.74) is 1.37. The van der Waals surface area contributed by atoms with E-state index in [1.54, 1.807) is 0 Å². The van der Waals surface area contributed by atoms with Crippen molar-refractivity contribution in [1.82, 2.24) is 19.9 Å². The molecule has 1 saturated carbocycles. The van der Waals surface area contributed by atoms with Crippen molar-refractivity contribution in [3.05, 3.63) is 30.2 Å². The Kier molecular flexibility index (Phi) is 3.27. The van der Waals surface area contributed by atoms with E-state index in [-0.39, 0.29) is 0 Å². The monoisotopic (exact) mass is 258 g/mol. The van der Waals surface area contributed by atoms with Gasteiger partial charge in [-0.2, -0.15) is 0 Å². The van der Waals surface area contributed by atoms with Gasteiger partial charge in [0.25, 0.3) is 0 Å². The topological polar surface area (TPSA) is 42.2 Å². The SMILES string of the molecule is CC1(C)CCCC1NCCc1nnc2ccccn12. The predicted octanol–water partition coefficient (Wildman–Crippen LogP) is 2.44. The van der Waals surface area contributed by atoms with Gasteiger partial charge in [-0.05, 0) is 30.4 Å². The molecule has 1 fully saturated rings. The molecule has 3 rings (SSSR count). The Morgan fingerprint density at radius 3 is 3.05 bits per heavy atom. The van der Waals surface area contributed by atoms with E-state index in [1.165, 1.54) is 19.3 Å². The van der Waals surface area contributed by atoms with Gasteiger partial charge < -0.3 is 5.32 Å². The van der Waals surface area contributed by atoms with Crippen molar-refractivity contribution in [2.45, 2.75) is 45.6 Å². The molecule has 1 unspecified atom stereocenters. The number of nitrogens with zero attached hydrogens (tertiary/aromatic N) is 3. The Hall–Kier alpha value is -1.42. The van der Waals surface area contributed by atoms with Crippen LogP contribution in [0.2, 0.25) is 0 Å². The van der Waals surface area contributed by atoms with Gasteiger partial charge in [0.15, 0.2) is 5.65 Å². The van der Waals surface area contributed by atoms with Gasteiger partial charge in [-0.25, -0.2) is 0 Å². The van der Waals surface area contributed by atoms with E-state index in [0.29, 0.717) is 11.5 Å². The van der Waals surface area contributed by atoms with Crippen LogP contribution in [0.3, 0.4) is 0 Å². The second-order valence-electron chi connectivity index (χ2n) is 6.18. The first-order valence-corrected chi connectivity index (χ1v) is 7.19. The minimum absolute atomic E-state index is 0.437. The van der Waals surface area contributed by atoms with Crippen molar-refractivity contribution in [3.63, 3.8) is 0 Å². The van der Waals surface area contributed by atoms with Crippen LogP contribution in [0.1, 0.15) is 38.9 Å². The summed E-state index contributed by atoms with van der Waals surface area (Å²) < 4.78 is 2.07. The largest absolute Gasteiger partial charge is 0.313 e. The van der Waals surface area contributed by atoms with Crippen LogP contribution in [0.25, 0.3) is 5.65 Å². The number of hydrogen-bond donors (Lipinski definition) is 1. The van der Waals surface area contributed by atoms with Crippen molar-refractivity contribution in [2.75, 3.05) is 6.54 Å². The first-order valence-electron chi connectivity index (χ1n) is 7.19. The molecule has 1 N–H and O–H groups in total. The van der Waals surface area contributed by atoms with Crippen molar-refractivity contribution >= 4 is 5.65 Å². The smallest absolute Gasteiger partial charge is 0.160 e. The van der Waals surface area contributed by atoms with Crippen LogP contribution in [0.15, 0.2) is 24.4 Å². The minimum Gasteiger partial charge on any atom is -0.313 e. The highest BCUT2D eigenvalue weighted by Crippen LogP contribution is 2.36. The van der Waals surface area contributed by atoms with Gasteiger partial charge in [0.1, 0.15) is 5.82 Å². The molecule has 2 aromatic rings. The van der Waals surface area contributed by atoms with Crippen LogP contribution in [-0.4, -0.2) is 27.2 Å². The van der Waals surface area contributed by atoms with E-state index in [2.05, 4.69) is 33.8 Å². The van der Waals surface area contributed by atoms with Crippen molar-refractivity contribution < 1.29 is 0 Å². The van der Waals surface area contributed by atoms with Crippen molar-refractivity contribution in [3.8, 4) is 0 Å². The second-order valence-corrected chi connectivity index (χ2v) is 6.18. The maximum atomic E-state index is 4.27. The molecule has 0 bridgehead atoms. The third-order valence-electron chi connectivity index (χ3n) is 4.38. The Labute approximate surface area is 114 Å². The minimum atomic E-state index is 0.437. The predicted molar refractivity (Wildman–Crippen MR) is 76.1 cm³/mol. The van der Waals surface area contributed by atoms with E-state index in [9.17, 15) is 0 Å². The zero-order valence-corrected chi connectivity index (χ0v) is 11.8. The molecule has 4 heteroatoms. The van der Waals surface area contributed by atoms with Crippen LogP contribution in [-0.2, 0) is 6.42 Å². The normalized spacial score (nSPS) is 22.1. The fraction of sp³-hybridized carbons (Fsp3) is 0.600. The molecule has 0 saturated heterocycles. The summed E-state index contributed by atoms with van der Waals surface area (Å²) in [6, 6.07) is 6.65. The third kappa shape index (κ3) is 2.50. The fourth-order valence-electron chi connectivity index (χ4n) is 3.12. The molecule has 4 nitrogen and oxygen atoms in total. The van der Waals surface area contributed by atoms with E-state index < -0.39 is 0 Å². The van der Waals surface area contributed by atoms with Gasteiger partial charge in [0.2, 0.25) is 0 Å². The van der Waals surface area contributed by atoms with Crippen LogP contribution < -0.4 is 5.32 Å². The lowest BCUT2D eigenvalue weighted by atomic mass is 9.87. The number of pyridine rings is 1. The highest BCUT2D eigenvalue weighted by atomic mass is 15.2. The maximum absolute atomic E-state index is 4.27. The lowest BCUT2D eigenvalue weighted by molar-refractivity contribution is 0.285.